The average Bonchev–Trinajstić information content (AvgIpc) is 3.51. The molecule has 6 unspecified atom stereocenters. The third kappa shape index (κ3) is 53.2. The maximum atomic E-state index is 12.1. The van der Waals surface area contributed by atoms with Gasteiger partial charge in [-0.2, -0.15) is 38.0 Å². The first-order chi connectivity index (χ1) is 16.7. The molecule has 15 radical (unpaired) electrons. The van der Waals surface area contributed by atoms with Crippen molar-refractivity contribution in [1.29, 1.82) is 0 Å². The van der Waals surface area contributed by atoms with Crippen LogP contribution in [0.4, 0.5) is 0 Å². The van der Waals surface area contributed by atoms with E-state index in [4.69, 9.17) is 4.52 Å². The Morgan fingerprint density at radius 3 is 1.68 bits per heavy atom. The molecule has 50 heavy (non-hydrogen) atoms. The maximum Gasteiger partial charge on any atom is 0.141 e. The predicted molar refractivity (Wildman–Crippen MR) is 138 cm³/mol. The Kier molecular flexibility index (Phi) is 134. The van der Waals surface area contributed by atoms with Gasteiger partial charge in [0, 0.05) is 498 Å². The Balaban J connectivity index is -0.0000000720. The van der Waals surface area contributed by atoms with E-state index in [1.807, 2.05) is 0 Å². The van der Waals surface area contributed by atoms with E-state index in [0.29, 0.717) is 11.8 Å². The van der Waals surface area contributed by atoms with E-state index in [9.17, 15) is 18.9 Å². The van der Waals surface area contributed by atoms with Crippen molar-refractivity contribution in [2.75, 3.05) is 19.2 Å². The van der Waals surface area contributed by atoms with Crippen LogP contribution >= 0.6 is 15.0 Å². The summed E-state index contributed by atoms with van der Waals surface area (Å²) in [7, 11) is -8.34. The molecule has 2 rings (SSSR count). The van der Waals surface area contributed by atoms with Crippen molar-refractivity contribution < 1.29 is 514 Å². The summed E-state index contributed by atoms with van der Waals surface area (Å²) in [5.41, 5.74) is 1.28. The minimum absolute atomic E-state index is 0. The first-order valence-corrected chi connectivity index (χ1v) is 17.0. The SMILES string of the molecule is CC[C-]=CCC[C-]=CCC[C-]=C1CCC([CH-]CCC=[C-]CC)C2C(COP(=O)([O-])CP(C)(=O)[O-])C12.[Y].[Y].[Y].[Y].[Y].[Y].[Y].[Y].[Y].[Y].[Y].[Y].[Y].[Y].[Y]. The molecule has 6 atom stereocenters. The minimum Gasteiger partial charge on any atom is -0.799 e. The molecule has 0 aliphatic heterocycles. The van der Waals surface area contributed by atoms with E-state index in [1.54, 1.807) is 0 Å². The summed E-state index contributed by atoms with van der Waals surface area (Å²) >= 11 is 0. The first kappa shape index (κ1) is 103. The Morgan fingerprint density at radius 2 is 1.20 bits per heavy atom. The van der Waals surface area contributed by atoms with Gasteiger partial charge in [0.25, 0.3) is 0 Å². The van der Waals surface area contributed by atoms with Crippen molar-refractivity contribution in [2.24, 2.45) is 23.7 Å². The fourth-order valence-corrected chi connectivity index (χ4v) is 8.20. The molecular weight excluding hydrogens is 1810 g/mol. The van der Waals surface area contributed by atoms with Crippen LogP contribution in [0.5, 0.6) is 0 Å². The standard InChI is InChI=1S/C28H43O5P2.15Y/c1-4-6-8-10-11-12-13-15-17-19-25-21-20-24(18-16-14-9-7-5-2)27-26(28(25)27)22-33-35(31,32)23-34(3,29)30;;;;;;;;;;;;;;;/h8-9,13,18,24,26-28H,4-5,10-11,14-17,20-23H2,1-3H3,(H,29,30)(H,31,32);;;;;;;;;;;;;;;/q-5;;;;;;;;;;;;;;;/p-2. The van der Waals surface area contributed by atoms with Crippen LogP contribution < -0.4 is 9.79 Å². The monoisotopic (exact) mass is 1850 g/mol. The number of hydrogen-bond acceptors (Lipinski definition) is 5. The number of fused-ring (bicyclic) bond motifs is 1. The Hall–Kier alpha value is 15.9. The van der Waals surface area contributed by atoms with Gasteiger partial charge < -0.3 is 54.2 Å². The summed E-state index contributed by atoms with van der Waals surface area (Å²) in [6, 6.07) is 0. The summed E-state index contributed by atoms with van der Waals surface area (Å²) in [6.45, 7) is 5.15. The Morgan fingerprint density at radius 1 is 0.740 bits per heavy atom. The van der Waals surface area contributed by atoms with E-state index in [0.717, 1.165) is 70.9 Å². The van der Waals surface area contributed by atoms with Crippen molar-refractivity contribution in [1.82, 2.24) is 0 Å². The molecule has 0 amide bonds. The summed E-state index contributed by atoms with van der Waals surface area (Å²) in [5, 5.41) is 0. The van der Waals surface area contributed by atoms with Gasteiger partial charge in [-0.05, 0) is 18.5 Å². The molecule has 0 aromatic carbocycles. The molecule has 0 bridgehead atoms. The molecule has 2 aliphatic carbocycles. The van der Waals surface area contributed by atoms with Gasteiger partial charge in [0.15, 0.2) is 0 Å². The van der Waals surface area contributed by atoms with Crippen LogP contribution in [0.3, 0.4) is 0 Å². The molecule has 0 heterocycles. The molecule has 0 spiro atoms. The van der Waals surface area contributed by atoms with Crippen LogP contribution in [0.2, 0.25) is 0 Å². The largest absolute Gasteiger partial charge is 0.799 e. The molecule has 0 saturated heterocycles. The fourth-order valence-electron chi connectivity index (χ4n) is 4.96. The van der Waals surface area contributed by atoms with Crippen LogP contribution in [0, 0.1) is 54.4 Å². The second-order valence-corrected chi connectivity index (χ2v) is 14.2. The third-order valence-electron chi connectivity index (χ3n) is 6.46. The molecule has 2 aliphatic rings. The number of unbranched alkanes of at least 4 members (excludes halogenated alkanes) is 3. The zero-order valence-electron chi connectivity index (χ0n) is 30.2. The Bertz CT molecular complexity index is 882. The van der Waals surface area contributed by atoms with Crippen molar-refractivity contribution in [3.63, 3.8) is 0 Å². The molecule has 0 aromatic rings. The van der Waals surface area contributed by atoms with Crippen LogP contribution in [-0.2, 0) is 504 Å². The second kappa shape index (κ2) is 64.9. The number of hydrogen-bond donors (Lipinski definition) is 0. The van der Waals surface area contributed by atoms with Gasteiger partial charge in [-0.1, -0.05) is 51.9 Å². The van der Waals surface area contributed by atoms with Crippen molar-refractivity contribution in [2.45, 2.75) is 78.1 Å². The van der Waals surface area contributed by atoms with Gasteiger partial charge in [0.1, 0.15) is 7.60 Å². The molecule has 0 aromatic heterocycles. The van der Waals surface area contributed by atoms with Gasteiger partial charge in [-0.25, -0.2) is 0 Å². The normalized spacial score (nSPS) is 20.4. The maximum absolute atomic E-state index is 12.1. The van der Waals surface area contributed by atoms with E-state index in [1.165, 1.54) is 5.57 Å². The van der Waals surface area contributed by atoms with Crippen molar-refractivity contribution in [3.05, 3.63) is 54.5 Å². The summed E-state index contributed by atoms with van der Waals surface area (Å²) < 4.78 is 28.8. The number of rotatable bonds is 17. The zero-order chi connectivity index (χ0) is 25.7. The van der Waals surface area contributed by atoms with Crippen LogP contribution in [0.25, 0.3) is 0 Å². The number of allylic oxidation sites excluding steroid dienone is 8. The van der Waals surface area contributed by atoms with E-state index < -0.39 is 20.9 Å². The molecule has 22 heteroatoms. The van der Waals surface area contributed by atoms with E-state index >= 15 is 0 Å². The van der Waals surface area contributed by atoms with Crippen molar-refractivity contribution >= 4 is 15.0 Å². The van der Waals surface area contributed by atoms with Crippen LogP contribution in [0.1, 0.15) is 78.1 Å². The van der Waals surface area contributed by atoms with Gasteiger partial charge in [0.05, 0.1) is 12.5 Å². The average molecular weight is 1850 g/mol. The van der Waals surface area contributed by atoms with Gasteiger partial charge in [0.2, 0.25) is 0 Å². The van der Waals surface area contributed by atoms with Crippen molar-refractivity contribution in [3.8, 4) is 0 Å². The molecule has 2 saturated carbocycles. The van der Waals surface area contributed by atoms with E-state index in [-0.39, 0.29) is 509 Å². The van der Waals surface area contributed by atoms with Gasteiger partial charge in [-0.15, -0.1) is 0 Å². The topological polar surface area (TPSA) is 89.5 Å². The molecule has 5 nitrogen and oxygen atoms in total. The Labute approximate surface area is 684 Å². The predicted octanol–water partition coefficient (Wildman–Crippen LogP) is 6.19. The van der Waals surface area contributed by atoms with E-state index in [2.05, 4.69) is 62.8 Å². The van der Waals surface area contributed by atoms with Crippen LogP contribution in [-0.4, -0.2) is 19.2 Å². The second-order valence-electron chi connectivity index (χ2n) is 9.56. The summed E-state index contributed by atoms with van der Waals surface area (Å²) in [4.78, 5) is 23.6. The fraction of sp³-hybridized carbons (Fsp3) is 0.679. The summed E-state index contributed by atoms with van der Waals surface area (Å²) in [6.07, 6.45) is 31.4. The van der Waals surface area contributed by atoms with Gasteiger partial charge >= 0.3 is 0 Å². The summed E-state index contributed by atoms with van der Waals surface area (Å²) in [5.74, 6) is 0.258. The third-order valence-corrected chi connectivity index (χ3v) is 10.4. The quantitative estimate of drug-likeness (QED) is 0.0987. The van der Waals surface area contributed by atoms with Gasteiger partial charge in [-0.3, -0.25) is 23.8 Å². The smallest absolute Gasteiger partial charge is 0.141 e. The molecule has 0 N–H and O–H groups in total. The molecule has 245 valence electrons. The minimum atomic E-state index is -4.40. The zero-order valence-corrected chi connectivity index (χ0v) is 74.6. The van der Waals surface area contributed by atoms with Crippen LogP contribution in [0.15, 0.2) is 23.8 Å². The first-order valence-electron chi connectivity index (χ1n) is 13.0. The molecule has 2 fully saturated rings. The molecular formula is C28H41O5P2Y15-7.